The summed E-state index contributed by atoms with van der Waals surface area (Å²) in [7, 11) is 3.81. The van der Waals surface area contributed by atoms with Crippen LogP contribution in [0.2, 0.25) is 0 Å². The molecule has 0 aliphatic heterocycles. The molecule has 0 aliphatic rings. The van der Waals surface area contributed by atoms with Gasteiger partial charge >= 0.3 is 0 Å². The molecule has 1 N–H and O–H groups in total. The van der Waals surface area contributed by atoms with Crippen molar-refractivity contribution in [3.8, 4) is 11.6 Å². The fourth-order valence-electron chi connectivity index (χ4n) is 1.98. The summed E-state index contributed by atoms with van der Waals surface area (Å²) in [6.07, 6.45) is 0. The van der Waals surface area contributed by atoms with Crippen molar-refractivity contribution in [2.24, 2.45) is 7.05 Å². The molecule has 0 atom stereocenters. The summed E-state index contributed by atoms with van der Waals surface area (Å²) in [5.41, 5.74) is 3.25. The van der Waals surface area contributed by atoms with Gasteiger partial charge in [-0.05, 0) is 54.5 Å². The number of ether oxygens (including phenoxy) is 1. The Morgan fingerprint density at radius 3 is 2.74 bits per heavy atom. The Balaban J connectivity index is 2.37. The second-order valence-corrected chi connectivity index (χ2v) is 5.41. The maximum Gasteiger partial charge on any atom is 0.222 e. The average molecular weight is 324 g/mol. The van der Waals surface area contributed by atoms with Crippen molar-refractivity contribution in [1.82, 2.24) is 15.1 Å². The molecule has 1 aromatic heterocycles. The Hall–Kier alpha value is -1.33. The maximum absolute atomic E-state index is 6.01. The summed E-state index contributed by atoms with van der Waals surface area (Å²) >= 11 is 3.53. The molecule has 2 aromatic rings. The lowest BCUT2D eigenvalue weighted by molar-refractivity contribution is 0.422. The zero-order chi connectivity index (χ0) is 14.0. The second kappa shape index (κ2) is 5.75. The van der Waals surface area contributed by atoms with Crippen LogP contribution in [0.4, 0.5) is 0 Å². The van der Waals surface area contributed by atoms with E-state index in [4.69, 9.17) is 4.74 Å². The number of aromatic nitrogens is 2. The first kappa shape index (κ1) is 14.1. The summed E-state index contributed by atoms with van der Waals surface area (Å²) in [5.74, 6) is 1.57. The van der Waals surface area contributed by atoms with Crippen molar-refractivity contribution in [3.05, 3.63) is 39.5 Å². The number of aryl methyl sites for hydroxylation is 3. The van der Waals surface area contributed by atoms with E-state index in [1.807, 2.05) is 39.2 Å². The Bertz CT molecular complexity index is 593. The van der Waals surface area contributed by atoms with Gasteiger partial charge in [-0.2, -0.15) is 5.10 Å². The minimum Gasteiger partial charge on any atom is -0.438 e. The number of hydrogen-bond acceptors (Lipinski definition) is 3. The fraction of sp³-hybridized carbons (Fsp3) is 0.357. The van der Waals surface area contributed by atoms with Gasteiger partial charge in [0.2, 0.25) is 5.88 Å². The predicted molar refractivity (Wildman–Crippen MR) is 79.7 cm³/mol. The Morgan fingerprint density at radius 1 is 1.37 bits per heavy atom. The van der Waals surface area contributed by atoms with E-state index in [1.54, 1.807) is 4.68 Å². The minimum atomic E-state index is 0.735. The van der Waals surface area contributed by atoms with E-state index in [9.17, 15) is 0 Å². The molecule has 0 unspecified atom stereocenters. The molecule has 0 radical (unpaired) electrons. The zero-order valence-corrected chi connectivity index (χ0v) is 13.2. The van der Waals surface area contributed by atoms with E-state index in [0.29, 0.717) is 0 Å². The smallest absolute Gasteiger partial charge is 0.222 e. The molecule has 5 heteroatoms. The number of nitrogens with zero attached hydrogens (tertiary/aromatic N) is 2. The van der Waals surface area contributed by atoms with E-state index in [1.165, 1.54) is 5.56 Å². The standard InChI is InChI=1S/C14H18BrN3O/c1-9-5-6-13(12(15)7-9)19-14-11(8-16-3)10(2)17-18(14)4/h5-7,16H,8H2,1-4H3. The first-order valence-corrected chi connectivity index (χ1v) is 6.93. The first-order valence-electron chi connectivity index (χ1n) is 6.14. The zero-order valence-electron chi connectivity index (χ0n) is 11.6. The third-order valence-corrected chi connectivity index (χ3v) is 3.56. The van der Waals surface area contributed by atoms with Crippen LogP contribution in [0, 0.1) is 13.8 Å². The van der Waals surface area contributed by atoms with Crippen LogP contribution in [0.25, 0.3) is 0 Å². The molecule has 1 aromatic carbocycles. The van der Waals surface area contributed by atoms with Gasteiger partial charge < -0.3 is 10.1 Å². The molecular formula is C14H18BrN3O. The SMILES string of the molecule is CNCc1c(C)nn(C)c1Oc1ccc(C)cc1Br. The van der Waals surface area contributed by atoms with Crippen molar-refractivity contribution < 1.29 is 4.74 Å². The molecule has 0 amide bonds. The van der Waals surface area contributed by atoms with E-state index < -0.39 is 0 Å². The van der Waals surface area contributed by atoms with Crippen LogP contribution in [-0.4, -0.2) is 16.8 Å². The topological polar surface area (TPSA) is 39.1 Å². The molecule has 4 nitrogen and oxygen atoms in total. The highest BCUT2D eigenvalue weighted by Gasteiger charge is 2.15. The summed E-state index contributed by atoms with van der Waals surface area (Å²) in [5, 5.41) is 7.55. The lowest BCUT2D eigenvalue weighted by atomic mass is 10.2. The molecule has 2 rings (SSSR count). The molecule has 0 bridgehead atoms. The molecule has 0 spiro atoms. The summed E-state index contributed by atoms with van der Waals surface area (Å²) in [6, 6.07) is 6.03. The molecule has 19 heavy (non-hydrogen) atoms. The molecule has 1 heterocycles. The van der Waals surface area contributed by atoms with Gasteiger partial charge in [0.1, 0.15) is 5.75 Å². The number of hydrogen-bond donors (Lipinski definition) is 1. The summed E-state index contributed by atoms with van der Waals surface area (Å²) in [6.45, 7) is 4.78. The number of benzene rings is 1. The van der Waals surface area contributed by atoms with Crippen LogP contribution < -0.4 is 10.1 Å². The van der Waals surface area contributed by atoms with Gasteiger partial charge in [-0.3, -0.25) is 0 Å². The molecule has 0 aliphatic carbocycles. The number of nitrogens with one attached hydrogen (secondary N) is 1. The molecule has 0 fully saturated rings. The summed E-state index contributed by atoms with van der Waals surface area (Å²) in [4.78, 5) is 0. The van der Waals surface area contributed by atoms with Gasteiger partial charge in [-0.25, -0.2) is 4.68 Å². The third kappa shape index (κ3) is 2.98. The van der Waals surface area contributed by atoms with Crippen molar-refractivity contribution >= 4 is 15.9 Å². The number of rotatable bonds is 4. The van der Waals surface area contributed by atoms with Gasteiger partial charge in [0.05, 0.1) is 15.7 Å². The average Bonchev–Trinajstić information content (AvgIpc) is 2.60. The first-order chi connectivity index (χ1) is 9.02. The van der Waals surface area contributed by atoms with Gasteiger partial charge in [-0.1, -0.05) is 6.07 Å². The largest absolute Gasteiger partial charge is 0.438 e. The molecular weight excluding hydrogens is 306 g/mol. The second-order valence-electron chi connectivity index (χ2n) is 4.56. The number of halogens is 1. The van der Waals surface area contributed by atoms with E-state index in [2.05, 4.69) is 33.3 Å². The maximum atomic E-state index is 6.01. The summed E-state index contributed by atoms with van der Waals surface area (Å²) < 4.78 is 8.73. The van der Waals surface area contributed by atoms with Crippen molar-refractivity contribution in [2.45, 2.75) is 20.4 Å². The van der Waals surface area contributed by atoms with Crippen LogP contribution in [0.3, 0.4) is 0 Å². The monoisotopic (exact) mass is 323 g/mol. The third-order valence-electron chi connectivity index (χ3n) is 2.94. The molecule has 0 saturated carbocycles. The van der Waals surface area contributed by atoms with Crippen molar-refractivity contribution in [2.75, 3.05) is 7.05 Å². The minimum absolute atomic E-state index is 0.735. The Morgan fingerprint density at radius 2 is 2.11 bits per heavy atom. The fourth-order valence-corrected chi connectivity index (χ4v) is 2.56. The molecule has 0 saturated heterocycles. The van der Waals surface area contributed by atoms with E-state index in [0.717, 1.165) is 33.9 Å². The van der Waals surface area contributed by atoms with Crippen LogP contribution >= 0.6 is 15.9 Å². The van der Waals surface area contributed by atoms with Crippen molar-refractivity contribution in [3.63, 3.8) is 0 Å². The van der Waals surface area contributed by atoms with Gasteiger partial charge in [0.25, 0.3) is 0 Å². The van der Waals surface area contributed by atoms with Gasteiger partial charge in [-0.15, -0.1) is 0 Å². The van der Waals surface area contributed by atoms with Crippen LogP contribution in [0.15, 0.2) is 22.7 Å². The van der Waals surface area contributed by atoms with Crippen molar-refractivity contribution in [1.29, 1.82) is 0 Å². The lowest BCUT2D eigenvalue weighted by Crippen LogP contribution is -2.07. The van der Waals surface area contributed by atoms with Gasteiger partial charge in [0.15, 0.2) is 0 Å². The van der Waals surface area contributed by atoms with E-state index in [-0.39, 0.29) is 0 Å². The normalized spacial score (nSPS) is 10.8. The Labute approximate surface area is 121 Å². The van der Waals surface area contributed by atoms with E-state index >= 15 is 0 Å². The van der Waals surface area contributed by atoms with Crippen LogP contribution in [0.5, 0.6) is 11.6 Å². The highest BCUT2D eigenvalue weighted by Crippen LogP contribution is 2.32. The highest BCUT2D eigenvalue weighted by molar-refractivity contribution is 9.10. The molecule has 102 valence electrons. The Kier molecular flexibility index (Phi) is 4.27. The van der Waals surface area contributed by atoms with Crippen LogP contribution in [-0.2, 0) is 13.6 Å². The van der Waals surface area contributed by atoms with Gasteiger partial charge in [0, 0.05) is 13.6 Å². The van der Waals surface area contributed by atoms with Crippen LogP contribution in [0.1, 0.15) is 16.8 Å². The lowest BCUT2D eigenvalue weighted by Gasteiger charge is -2.10. The quantitative estimate of drug-likeness (QED) is 0.938. The predicted octanol–water partition coefficient (Wildman–Crippen LogP) is 3.31. The highest BCUT2D eigenvalue weighted by atomic mass is 79.9.